The van der Waals surface area contributed by atoms with Crippen molar-refractivity contribution in [3.63, 3.8) is 0 Å². The molecule has 0 bridgehead atoms. The summed E-state index contributed by atoms with van der Waals surface area (Å²) in [6.07, 6.45) is 0. The minimum atomic E-state index is -3.36. The summed E-state index contributed by atoms with van der Waals surface area (Å²) >= 11 is 0. The van der Waals surface area contributed by atoms with E-state index < -0.39 is 15.3 Å². The normalized spacial score (nSPS) is 19.9. The SMILES string of the molecule is COc1ccccc1C1CN(S(=O)(=O)C(C)C)CCN1C(C)=O. The average molecular weight is 340 g/mol. The van der Waals surface area contributed by atoms with Crippen molar-refractivity contribution in [2.75, 3.05) is 26.7 Å². The number of carbonyl (C=O) groups excluding carboxylic acids is 1. The van der Waals surface area contributed by atoms with E-state index in [-0.39, 0.29) is 18.5 Å². The molecule has 1 aromatic carbocycles. The van der Waals surface area contributed by atoms with Gasteiger partial charge in [0.15, 0.2) is 0 Å². The molecule has 1 aliphatic rings. The molecule has 1 aliphatic heterocycles. The van der Waals surface area contributed by atoms with E-state index in [1.807, 2.05) is 24.3 Å². The highest BCUT2D eigenvalue weighted by molar-refractivity contribution is 7.89. The molecule has 0 saturated carbocycles. The van der Waals surface area contributed by atoms with Gasteiger partial charge in [0.2, 0.25) is 15.9 Å². The van der Waals surface area contributed by atoms with Gasteiger partial charge >= 0.3 is 0 Å². The average Bonchev–Trinajstić information content (AvgIpc) is 2.53. The van der Waals surface area contributed by atoms with Crippen LogP contribution in [0.4, 0.5) is 0 Å². The number of hydrogen-bond acceptors (Lipinski definition) is 4. The smallest absolute Gasteiger partial charge is 0.220 e. The summed E-state index contributed by atoms with van der Waals surface area (Å²) in [7, 11) is -1.78. The zero-order valence-electron chi connectivity index (χ0n) is 14.0. The highest BCUT2D eigenvalue weighted by Crippen LogP contribution is 2.33. The largest absolute Gasteiger partial charge is 0.496 e. The summed E-state index contributed by atoms with van der Waals surface area (Å²) in [4.78, 5) is 13.7. The Morgan fingerprint density at radius 2 is 1.91 bits per heavy atom. The molecule has 0 aliphatic carbocycles. The van der Waals surface area contributed by atoms with Gasteiger partial charge in [-0.1, -0.05) is 18.2 Å². The number of nitrogens with zero attached hydrogens (tertiary/aromatic N) is 2. The van der Waals surface area contributed by atoms with Gasteiger partial charge in [0.1, 0.15) is 5.75 Å². The van der Waals surface area contributed by atoms with Crippen LogP contribution in [0.2, 0.25) is 0 Å². The maximum absolute atomic E-state index is 12.5. The molecule has 128 valence electrons. The van der Waals surface area contributed by atoms with E-state index in [1.54, 1.807) is 25.9 Å². The second-order valence-electron chi connectivity index (χ2n) is 5.92. The molecule has 6 nitrogen and oxygen atoms in total. The highest BCUT2D eigenvalue weighted by atomic mass is 32.2. The molecular formula is C16H24N2O4S. The fourth-order valence-corrected chi connectivity index (χ4v) is 4.15. The van der Waals surface area contributed by atoms with Gasteiger partial charge in [0.25, 0.3) is 0 Å². The number of hydrogen-bond donors (Lipinski definition) is 0. The monoisotopic (exact) mass is 340 g/mol. The molecule has 0 aromatic heterocycles. The third-order valence-electron chi connectivity index (χ3n) is 4.20. The van der Waals surface area contributed by atoms with Crippen LogP contribution in [-0.4, -0.2) is 55.5 Å². The van der Waals surface area contributed by atoms with Crippen molar-refractivity contribution < 1.29 is 17.9 Å². The van der Waals surface area contributed by atoms with Crippen molar-refractivity contribution >= 4 is 15.9 Å². The number of piperazine rings is 1. The van der Waals surface area contributed by atoms with Crippen LogP contribution in [0, 0.1) is 0 Å². The predicted molar refractivity (Wildman–Crippen MR) is 88.8 cm³/mol. The van der Waals surface area contributed by atoms with Gasteiger partial charge in [-0.25, -0.2) is 8.42 Å². The first-order chi connectivity index (χ1) is 10.8. The van der Waals surface area contributed by atoms with Crippen LogP contribution in [0.3, 0.4) is 0 Å². The van der Waals surface area contributed by atoms with Gasteiger partial charge in [-0.15, -0.1) is 0 Å². The molecule has 0 radical (unpaired) electrons. The maximum Gasteiger partial charge on any atom is 0.220 e. The van der Waals surface area contributed by atoms with E-state index in [4.69, 9.17) is 4.74 Å². The number of rotatable bonds is 4. The van der Waals surface area contributed by atoms with Crippen molar-refractivity contribution in [2.45, 2.75) is 32.1 Å². The molecule has 2 rings (SSSR count). The number of benzene rings is 1. The summed E-state index contributed by atoms with van der Waals surface area (Å²) in [5.74, 6) is 0.593. The fourth-order valence-electron chi connectivity index (χ4n) is 2.87. The van der Waals surface area contributed by atoms with Gasteiger partial charge in [-0.3, -0.25) is 4.79 Å². The molecule has 0 spiro atoms. The number of amides is 1. The van der Waals surface area contributed by atoms with Crippen molar-refractivity contribution in [3.8, 4) is 5.75 Å². The third-order valence-corrected chi connectivity index (χ3v) is 6.44. The predicted octanol–water partition coefficient (Wildman–Crippen LogP) is 1.64. The molecule has 1 atom stereocenters. The lowest BCUT2D eigenvalue weighted by atomic mass is 10.0. The number of methoxy groups -OCH3 is 1. The van der Waals surface area contributed by atoms with Crippen LogP contribution in [0.5, 0.6) is 5.75 Å². The Labute approximate surface area is 138 Å². The lowest BCUT2D eigenvalue weighted by Crippen LogP contribution is -2.53. The minimum absolute atomic E-state index is 0.0671. The molecule has 1 heterocycles. The summed E-state index contributed by atoms with van der Waals surface area (Å²) in [6.45, 7) is 5.81. The van der Waals surface area contributed by atoms with E-state index in [9.17, 15) is 13.2 Å². The standard InChI is InChI=1S/C16H24N2O4S/c1-12(2)23(20,21)17-9-10-18(13(3)19)15(11-17)14-7-5-6-8-16(14)22-4/h5-8,12,15H,9-11H2,1-4H3. The quantitative estimate of drug-likeness (QED) is 0.836. The van der Waals surface area contributed by atoms with E-state index in [1.165, 1.54) is 11.2 Å². The molecular weight excluding hydrogens is 316 g/mol. The van der Waals surface area contributed by atoms with Crippen molar-refractivity contribution in [1.82, 2.24) is 9.21 Å². The maximum atomic E-state index is 12.5. The molecule has 7 heteroatoms. The summed E-state index contributed by atoms with van der Waals surface area (Å²) in [6, 6.07) is 7.08. The zero-order valence-corrected chi connectivity index (χ0v) is 14.8. The van der Waals surface area contributed by atoms with Crippen molar-refractivity contribution in [2.24, 2.45) is 0 Å². The Morgan fingerprint density at radius 1 is 1.26 bits per heavy atom. The van der Waals surface area contributed by atoms with Crippen LogP contribution >= 0.6 is 0 Å². The van der Waals surface area contributed by atoms with Gasteiger partial charge in [0, 0.05) is 32.1 Å². The first-order valence-corrected chi connectivity index (χ1v) is 9.18. The first kappa shape index (κ1) is 17.7. The Hall–Kier alpha value is -1.60. The van der Waals surface area contributed by atoms with E-state index in [2.05, 4.69) is 0 Å². The van der Waals surface area contributed by atoms with E-state index >= 15 is 0 Å². The molecule has 23 heavy (non-hydrogen) atoms. The summed E-state index contributed by atoms with van der Waals surface area (Å²) in [5, 5.41) is -0.482. The van der Waals surface area contributed by atoms with Crippen LogP contribution in [0.25, 0.3) is 0 Å². The molecule has 1 amide bonds. The molecule has 1 unspecified atom stereocenters. The second kappa shape index (κ2) is 6.88. The fraction of sp³-hybridized carbons (Fsp3) is 0.562. The second-order valence-corrected chi connectivity index (χ2v) is 8.41. The Balaban J connectivity index is 2.41. The van der Waals surface area contributed by atoms with Gasteiger partial charge < -0.3 is 9.64 Å². The van der Waals surface area contributed by atoms with Crippen LogP contribution in [0.15, 0.2) is 24.3 Å². The Morgan fingerprint density at radius 3 is 2.48 bits per heavy atom. The molecule has 0 N–H and O–H groups in total. The highest BCUT2D eigenvalue weighted by Gasteiger charge is 2.37. The lowest BCUT2D eigenvalue weighted by molar-refractivity contribution is -0.133. The zero-order chi connectivity index (χ0) is 17.2. The van der Waals surface area contributed by atoms with Gasteiger partial charge in [0.05, 0.1) is 18.4 Å². The number of ether oxygens (including phenoxy) is 1. The number of carbonyl (C=O) groups is 1. The van der Waals surface area contributed by atoms with E-state index in [0.717, 1.165) is 5.56 Å². The van der Waals surface area contributed by atoms with Crippen LogP contribution < -0.4 is 4.74 Å². The lowest BCUT2D eigenvalue weighted by Gasteiger charge is -2.41. The summed E-state index contributed by atoms with van der Waals surface area (Å²) < 4.78 is 31.8. The number of sulfonamides is 1. The van der Waals surface area contributed by atoms with E-state index in [0.29, 0.717) is 18.8 Å². The summed E-state index contributed by atoms with van der Waals surface area (Å²) in [5.41, 5.74) is 0.828. The third kappa shape index (κ3) is 3.50. The number of para-hydroxylation sites is 1. The molecule has 1 aromatic rings. The van der Waals surface area contributed by atoms with Crippen LogP contribution in [-0.2, 0) is 14.8 Å². The van der Waals surface area contributed by atoms with Gasteiger partial charge in [-0.2, -0.15) is 4.31 Å². The molecule has 1 saturated heterocycles. The topological polar surface area (TPSA) is 66.9 Å². The minimum Gasteiger partial charge on any atom is -0.496 e. The Kier molecular flexibility index (Phi) is 5.31. The molecule has 1 fully saturated rings. The van der Waals surface area contributed by atoms with Gasteiger partial charge in [-0.05, 0) is 19.9 Å². The van der Waals surface area contributed by atoms with Crippen molar-refractivity contribution in [3.05, 3.63) is 29.8 Å². The first-order valence-electron chi connectivity index (χ1n) is 7.68. The van der Waals surface area contributed by atoms with Crippen LogP contribution in [0.1, 0.15) is 32.4 Å². The Bertz CT molecular complexity index is 672. The van der Waals surface area contributed by atoms with Crippen molar-refractivity contribution in [1.29, 1.82) is 0 Å².